The smallest absolute Gasteiger partial charge is 0.305 e. The summed E-state index contributed by atoms with van der Waals surface area (Å²) in [5.41, 5.74) is 4.57. The van der Waals surface area contributed by atoms with Crippen molar-refractivity contribution in [2.45, 2.75) is 13.8 Å². The van der Waals surface area contributed by atoms with Gasteiger partial charge >= 0.3 is 5.69 Å². The molecule has 3 rings (SSSR count). The first kappa shape index (κ1) is 11.7. The van der Waals surface area contributed by atoms with E-state index < -0.39 is 0 Å². The zero-order chi connectivity index (χ0) is 13.4. The van der Waals surface area contributed by atoms with Gasteiger partial charge in [0.05, 0.1) is 11.2 Å². The second-order valence-electron chi connectivity index (χ2n) is 4.81. The molecule has 0 bridgehead atoms. The first-order valence-corrected chi connectivity index (χ1v) is 6.21. The minimum absolute atomic E-state index is 0.312. The number of aryl methyl sites for hydroxylation is 2. The van der Waals surface area contributed by atoms with Crippen molar-refractivity contribution in [3.63, 3.8) is 0 Å². The van der Waals surface area contributed by atoms with Crippen LogP contribution in [0.15, 0.2) is 47.3 Å². The van der Waals surface area contributed by atoms with E-state index in [1.165, 1.54) is 11.1 Å². The highest BCUT2D eigenvalue weighted by molar-refractivity contribution is 5.92. The lowest BCUT2D eigenvalue weighted by atomic mass is 10.0. The van der Waals surface area contributed by atoms with Gasteiger partial charge in [0.2, 0.25) is 0 Å². The van der Waals surface area contributed by atoms with Crippen molar-refractivity contribution in [1.29, 1.82) is 0 Å². The average molecular weight is 250 g/mol. The molecule has 3 nitrogen and oxygen atoms in total. The van der Waals surface area contributed by atoms with Crippen molar-refractivity contribution in [1.82, 2.24) is 9.97 Å². The topological polar surface area (TPSA) is 45.8 Å². The van der Waals surface area contributed by atoms with E-state index >= 15 is 0 Å². The molecule has 0 saturated heterocycles. The number of benzene rings is 2. The number of nitrogens with zero attached hydrogens (tertiary/aromatic N) is 1. The van der Waals surface area contributed by atoms with Gasteiger partial charge in [0, 0.05) is 10.9 Å². The molecule has 94 valence electrons. The van der Waals surface area contributed by atoms with Gasteiger partial charge in [-0.1, -0.05) is 35.4 Å². The fourth-order valence-electron chi connectivity index (χ4n) is 2.43. The molecular weight excluding hydrogens is 236 g/mol. The molecule has 1 heterocycles. The Labute approximate surface area is 111 Å². The predicted octanol–water partition coefficient (Wildman–Crippen LogP) is 3.21. The van der Waals surface area contributed by atoms with Crippen LogP contribution in [0, 0.1) is 13.8 Å². The maximum atomic E-state index is 11.7. The Kier molecular flexibility index (Phi) is 2.67. The number of para-hydroxylation sites is 1. The van der Waals surface area contributed by atoms with E-state index in [2.05, 4.69) is 28.2 Å². The maximum Gasteiger partial charge on any atom is 0.345 e. The normalized spacial score (nSPS) is 10.8. The standard InChI is InChI=1S/C16H14N2O/c1-10-7-11(2)9-12(8-10)15-13-5-3-4-6-14(13)17-16(19)18-15/h3-9H,1-2H3,(H,17,18,19). The van der Waals surface area contributed by atoms with Crippen molar-refractivity contribution in [2.75, 3.05) is 0 Å². The zero-order valence-corrected chi connectivity index (χ0v) is 10.9. The molecule has 0 aliphatic carbocycles. The second-order valence-corrected chi connectivity index (χ2v) is 4.81. The maximum absolute atomic E-state index is 11.7. The molecule has 3 aromatic rings. The minimum atomic E-state index is -0.312. The predicted molar refractivity (Wildman–Crippen MR) is 77.3 cm³/mol. The Morgan fingerprint density at radius 3 is 2.42 bits per heavy atom. The lowest BCUT2D eigenvalue weighted by molar-refractivity contribution is 1.12. The summed E-state index contributed by atoms with van der Waals surface area (Å²) in [6, 6.07) is 14.0. The van der Waals surface area contributed by atoms with Gasteiger partial charge in [0.25, 0.3) is 0 Å². The Balaban J connectivity index is 2.38. The largest absolute Gasteiger partial charge is 0.345 e. The highest BCUT2D eigenvalue weighted by atomic mass is 16.1. The van der Waals surface area contributed by atoms with Crippen LogP contribution in [0.3, 0.4) is 0 Å². The van der Waals surface area contributed by atoms with Gasteiger partial charge in [-0.15, -0.1) is 0 Å². The molecule has 2 aromatic carbocycles. The van der Waals surface area contributed by atoms with Crippen LogP contribution < -0.4 is 5.69 Å². The van der Waals surface area contributed by atoms with E-state index in [0.717, 1.165) is 22.2 Å². The highest BCUT2D eigenvalue weighted by Crippen LogP contribution is 2.25. The zero-order valence-electron chi connectivity index (χ0n) is 10.9. The number of H-pyrrole nitrogens is 1. The van der Waals surface area contributed by atoms with Crippen molar-refractivity contribution in [3.8, 4) is 11.3 Å². The molecule has 0 aliphatic heterocycles. The third kappa shape index (κ3) is 2.15. The summed E-state index contributed by atoms with van der Waals surface area (Å²) < 4.78 is 0. The third-order valence-corrected chi connectivity index (χ3v) is 3.13. The van der Waals surface area contributed by atoms with E-state index in [1.54, 1.807) is 0 Å². The van der Waals surface area contributed by atoms with Crippen LogP contribution in [0.1, 0.15) is 11.1 Å². The van der Waals surface area contributed by atoms with Crippen LogP contribution in [0.2, 0.25) is 0 Å². The van der Waals surface area contributed by atoms with Gasteiger partial charge in [0.15, 0.2) is 0 Å². The SMILES string of the molecule is Cc1cc(C)cc(-c2nc(=O)[nH]c3ccccc23)c1. The number of aromatic nitrogens is 2. The molecule has 0 unspecified atom stereocenters. The van der Waals surface area contributed by atoms with Crippen molar-refractivity contribution >= 4 is 10.9 Å². The molecule has 19 heavy (non-hydrogen) atoms. The summed E-state index contributed by atoms with van der Waals surface area (Å²) in [7, 11) is 0. The number of nitrogens with one attached hydrogen (secondary N) is 1. The van der Waals surface area contributed by atoms with Crippen LogP contribution >= 0.6 is 0 Å². The van der Waals surface area contributed by atoms with Crippen molar-refractivity contribution < 1.29 is 0 Å². The summed E-state index contributed by atoms with van der Waals surface area (Å²) in [4.78, 5) is 18.6. The van der Waals surface area contributed by atoms with Gasteiger partial charge in [-0.05, 0) is 32.0 Å². The molecule has 0 saturated carbocycles. The van der Waals surface area contributed by atoms with Crippen LogP contribution in [0.25, 0.3) is 22.2 Å². The molecule has 0 aliphatic rings. The van der Waals surface area contributed by atoms with Gasteiger partial charge < -0.3 is 4.98 Å². The highest BCUT2D eigenvalue weighted by Gasteiger charge is 2.08. The summed E-state index contributed by atoms with van der Waals surface area (Å²) >= 11 is 0. The summed E-state index contributed by atoms with van der Waals surface area (Å²) in [6.07, 6.45) is 0. The number of hydrogen-bond acceptors (Lipinski definition) is 2. The molecule has 3 heteroatoms. The fourth-order valence-corrected chi connectivity index (χ4v) is 2.43. The van der Waals surface area contributed by atoms with E-state index in [1.807, 2.05) is 38.1 Å². The average Bonchev–Trinajstić information content (AvgIpc) is 2.36. The van der Waals surface area contributed by atoms with E-state index in [-0.39, 0.29) is 5.69 Å². The summed E-state index contributed by atoms with van der Waals surface area (Å²) in [5.74, 6) is 0. The number of rotatable bonds is 1. The van der Waals surface area contributed by atoms with Gasteiger partial charge in [-0.2, -0.15) is 4.98 Å². The Bertz CT molecular complexity index is 798. The van der Waals surface area contributed by atoms with E-state index in [0.29, 0.717) is 0 Å². The fraction of sp³-hybridized carbons (Fsp3) is 0.125. The first-order valence-electron chi connectivity index (χ1n) is 6.21. The molecule has 0 amide bonds. The van der Waals surface area contributed by atoms with Gasteiger partial charge in [-0.3, -0.25) is 0 Å². The quantitative estimate of drug-likeness (QED) is 0.720. The minimum Gasteiger partial charge on any atom is -0.305 e. The molecule has 0 spiro atoms. The number of fused-ring (bicyclic) bond motifs is 1. The molecule has 0 fully saturated rings. The van der Waals surface area contributed by atoms with Gasteiger partial charge in [0.1, 0.15) is 0 Å². The number of hydrogen-bond donors (Lipinski definition) is 1. The van der Waals surface area contributed by atoms with Crippen LogP contribution in [-0.2, 0) is 0 Å². The van der Waals surface area contributed by atoms with Crippen LogP contribution in [0.5, 0.6) is 0 Å². The summed E-state index contributed by atoms with van der Waals surface area (Å²) in [5, 5.41) is 0.965. The Hall–Kier alpha value is -2.42. The Morgan fingerprint density at radius 1 is 1.00 bits per heavy atom. The molecule has 1 aromatic heterocycles. The monoisotopic (exact) mass is 250 g/mol. The van der Waals surface area contributed by atoms with Crippen molar-refractivity contribution in [3.05, 3.63) is 64.1 Å². The third-order valence-electron chi connectivity index (χ3n) is 3.13. The van der Waals surface area contributed by atoms with E-state index in [4.69, 9.17) is 0 Å². The molecule has 0 radical (unpaired) electrons. The lowest BCUT2D eigenvalue weighted by Gasteiger charge is -2.07. The van der Waals surface area contributed by atoms with Gasteiger partial charge in [-0.25, -0.2) is 4.79 Å². The molecule has 0 atom stereocenters. The van der Waals surface area contributed by atoms with E-state index in [9.17, 15) is 4.79 Å². The van der Waals surface area contributed by atoms with Crippen LogP contribution in [0.4, 0.5) is 0 Å². The molecule has 1 N–H and O–H groups in total. The lowest BCUT2D eigenvalue weighted by Crippen LogP contribution is -2.11. The number of aromatic amines is 1. The first-order chi connectivity index (χ1) is 9.13. The summed E-state index contributed by atoms with van der Waals surface area (Å²) in [6.45, 7) is 4.09. The van der Waals surface area contributed by atoms with Crippen molar-refractivity contribution in [2.24, 2.45) is 0 Å². The molecular formula is C16H14N2O. The Morgan fingerprint density at radius 2 is 1.68 bits per heavy atom. The second kappa shape index (κ2) is 4.35. The van der Waals surface area contributed by atoms with Crippen LogP contribution in [-0.4, -0.2) is 9.97 Å².